The Labute approximate surface area is 226 Å². The first-order valence-electron chi connectivity index (χ1n) is 14.5. The highest BCUT2D eigenvalue weighted by molar-refractivity contribution is 5.65. The lowest BCUT2D eigenvalue weighted by atomic mass is 9.36. The van der Waals surface area contributed by atoms with Gasteiger partial charge in [-0.2, -0.15) is 0 Å². The van der Waals surface area contributed by atoms with E-state index in [0.29, 0.717) is 12.6 Å². The molecule has 8 rings (SSSR count). The minimum atomic E-state index is -0.844. The smallest absolute Gasteiger partial charge is 0.166 e. The molecule has 1 saturated heterocycles. The van der Waals surface area contributed by atoms with E-state index in [1.165, 1.54) is 11.1 Å². The van der Waals surface area contributed by atoms with Crippen molar-refractivity contribution in [1.29, 1.82) is 0 Å². The molecule has 38 heavy (non-hydrogen) atoms. The molecule has 4 aliphatic carbocycles. The van der Waals surface area contributed by atoms with E-state index < -0.39 is 11.2 Å². The van der Waals surface area contributed by atoms with Crippen molar-refractivity contribution in [2.45, 2.75) is 87.7 Å². The van der Waals surface area contributed by atoms with Crippen LogP contribution in [0.25, 0.3) is 0 Å². The molecule has 202 valence electrons. The minimum Gasteiger partial charge on any atom is -0.485 e. The maximum absolute atomic E-state index is 12.0. The molecular weight excluding hydrogens is 474 g/mol. The molecule has 2 aliphatic heterocycles. The average molecular weight is 516 g/mol. The monoisotopic (exact) mass is 515 g/mol. The highest BCUT2D eigenvalue weighted by Crippen LogP contribution is 2.75. The summed E-state index contributed by atoms with van der Waals surface area (Å²) in [6.45, 7) is 5.77. The second kappa shape index (κ2) is 8.33. The molecule has 0 aromatic heterocycles. The fourth-order valence-corrected chi connectivity index (χ4v) is 9.31. The lowest BCUT2D eigenvalue weighted by Gasteiger charge is -2.72. The number of likely N-dealkylation sites (tertiary alicyclic amines) is 1. The number of benzene rings is 2. The summed E-state index contributed by atoms with van der Waals surface area (Å²) in [6.07, 6.45) is 10.3. The van der Waals surface area contributed by atoms with Crippen LogP contribution < -0.4 is 9.47 Å². The molecule has 7 atom stereocenters. The average Bonchev–Trinajstić information content (AvgIpc) is 3.31. The number of hydrogen-bond acceptors (Lipinski definition) is 5. The molecule has 2 fully saturated rings. The zero-order chi connectivity index (χ0) is 26.3. The minimum absolute atomic E-state index is 0.0479. The number of hydrogen-bond donors (Lipinski definition) is 1. The Hall–Kier alpha value is -2.34. The van der Waals surface area contributed by atoms with Gasteiger partial charge in [0.2, 0.25) is 0 Å². The number of piperidine rings is 1. The molecule has 6 aliphatic rings. The Kier molecular flexibility index (Phi) is 5.41. The summed E-state index contributed by atoms with van der Waals surface area (Å²) < 4.78 is 20.2. The Morgan fingerprint density at radius 2 is 1.97 bits per heavy atom. The van der Waals surface area contributed by atoms with Crippen LogP contribution in [0, 0.1) is 11.3 Å². The number of methoxy groups -OCH3 is 1. The quantitative estimate of drug-likeness (QED) is 0.476. The molecule has 2 heterocycles. The molecule has 1 saturated carbocycles. The van der Waals surface area contributed by atoms with Crippen molar-refractivity contribution in [3.63, 3.8) is 0 Å². The van der Waals surface area contributed by atoms with E-state index >= 15 is 0 Å². The van der Waals surface area contributed by atoms with Crippen molar-refractivity contribution >= 4 is 0 Å². The maximum atomic E-state index is 12.0. The second-order valence-electron chi connectivity index (χ2n) is 12.8. The van der Waals surface area contributed by atoms with Crippen LogP contribution in [-0.4, -0.2) is 54.1 Å². The third-order valence-electron chi connectivity index (χ3n) is 11.1. The number of fused-ring (bicyclic) bond motifs is 1. The zero-order valence-corrected chi connectivity index (χ0v) is 23.2. The largest absolute Gasteiger partial charge is 0.485 e. The summed E-state index contributed by atoms with van der Waals surface area (Å²) in [4.78, 5) is 2.57. The van der Waals surface area contributed by atoms with E-state index in [0.717, 1.165) is 62.1 Å². The number of rotatable bonds is 8. The van der Waals surface area contributed by atoms with Crippen molar-refractivity contribution in [1.82, 2.24) is 4.90 Å². The van der Waals surface area contributed by atoms with E-state index in [-0.39, 0.29) is 22.9 Å². The van der Waals surface area contributed by atoms with Gasteiger partial charge < -0.3 is 24.2 Å². The van der Waals surface area contributed by atoms with Crippen molar-refractivity contribution in [3.8, 4) is 11.5 Å². The summed E-state index contributed by atoms with van der Waals surface area (Å²) in [6, 6.07) is 15.1. The second-order valence-corrected chi connectivity index (χ2v) is 12.8. The summed E-state index contributed by atoms with van der Waals surface area (Å²) in [5, 5.41) is 12.0. The van der Waals surface area contributed by atoms with Crippen LogP contribution in [0.3, 0.4) is 0 Å². The molecule has 2 aromatic carbocycles. The number of likely N-dealkylation sites (N-methyl/N-ethyl adjacent to an activating group) is 1. The van der Waals surface area contributed by atoms with Crippen LogP contribution in [0.1, 0.15) is 62.6 Å². The molecule has 0 amide bonds. The van der Waals surface area contributed by atoms with E-state index in [1.54, 1.807) is 0 Å². The van der Waals surface area contributed by atoms with Gasteiger partial charge in [0, 0.05) is 30.0 Å². The van der Waals surface area contributed by atoms with Crippen LogP contribution in [0.2, 0.25) is 0 Å². The summed E-state index contributed by atoms with van der Waals surface area (Å²) >= 11 is 0. The molecule has 2 spiro atoms. The predicted molar refractivity (Wildman–Crippen MR) is 148 cm³/mol. The Morgan fingerprint density at radius 1 is 1.16 bits per heavy atom. The highest BCUT2D eigenvalue weighted by atomic mass is 16.6. The Balaban J connectivity index is 1.39. The van der Waals surface area contributed by atoms with Gasteiger partial charge in [0.05, 0.1) is 11.0 Å². The topological polar surface area (TPSA) is 51.2 Å². The Bertz CT molecular complexity index is 1270. The molecule has 1 N–H and O–H groups in total. The van der Waals surface area contributed by atoms with Crippen molar-refractivity contribution in [2.75, 3.05) is 20.7 Å². The van der Waals surface area contributed by atoms with E-state index in [1.807, 2.05) is 32.2 Å². The number of aliphatic hydroxyl groups is 1. The number of unbranched alkanes of at least 4 members (excludes halogenated alkanes) is 1. The summed E-state index contributed by atoms with van der Waals surface area (Å²) in [7, 11) is 4.10. The van der Waals surface area contributed by atoms with Crippen LogP contribution in [0.5, 0.6) is 11.5 Å². The zero-order valence-electron chi connectivity index (χ0n) is 23.2. The third-order valence-corrected chi connectivity index (χ3v) is 11.1. The lowest BCUT2D eigenvalue weighted by Crippen LogP contribution is -2.80. The SMILES string of the molecule is CCCC[C@@](C)(O)[C@H]1CC23C=C[C@]1(OC)[C@@H]1Oc4c(OCc5ccccc5)ccc5c4[C@@]12CCN(C)[C@@H]3C5. The van der Waals surface area contributed by atoms with E-state index in [2.05, 4.69) is 55.3 Å². The number of ether oxygens (including phenoxy) is 3. The van der Waals surface area contributed by atoms with Crippen LogP contribution >= 0.6 is 0 Å². The van der Waals surface area contributed by atoms with Crippen molar-refractivity contribution < 1.29 is 19.3 Å². The highest BCUT2D eigenvalue weighted by Gasteiger charge is 2.80. The fourth-order valence-electron chi connectivity index (χ4n) is 9.31. The molecule has 2 aromatic rings. The fraction of sp³-hybridized carbons (Fsp3) is 0.576. The van der Waals surface area contributed by atoms with Gasteiger partial charge in [0.15, 0.2) is 11.5 Å². The first-order chi connectivity index (χ1) is 18.3. The van der Waals surface area contributed by atoms with Gasteiger partial charge >= 0.3 is 0 Å². The van der Waals surface area contributed by atoms with Gasteiger partial charge in [-0.1, -0.05) is 68.3 Å². The first kappa shape index (κ1) is 24.7. The van der Waals surface area contributed by atoms with Crippen LogP contribution in [0.4, 0.5) is 0 Å². The molecule has 5 heteroatoms. The lowest BCUT2D eigenvalue weighted by molar-refractivity contribution is -0.247. The summed E-state index contributed by atoms with van der Waals surface area (Å²) in [5.41, 5.74) is 2.06. The summed E-state index contributed by atoms with van der Waals surface area (Å²) in [5.74, 6) is 1.69. The molecule has 0 radical (unpaired) electrons. The number of nitrogens with zero attached hydrogens (tertiary/aromatic N) is 1. The first-order valence-corrected chi connectivity index (χ1v) is 14.5. The maximum Gasteiger partial charge on any atom is 0.166 e. The molecule has 5 nitrogen and oxygen atoms in total. The standard InChI is InChI=1S/C33H41NO4/c1-5-6-14-30(2,35)25-20-31-15-16-33(25,36-4)29-32(31)17-18-34(3)26(31)19-23-12-13-24(28(38-29)27(23)32)37-21-22-10-8-7-9-11-22/h7-13,15-16,25-26,29,35H,5-6,14,17-21H2,1-4H3/t25-,26-,29-,30-,31?,32+,33-/m1/s1. The van der Waals surface area contributed by atoms with Crippen LogP contribution in [-0.2, 0) is 23.2 Å². The van der Waals surface area contributed by atoms with E-state index in [9.17, 15) is 5.11 Å². The van der Waals surface area contributed by atoms with Gasteiger partial charge in [-0.3, -0.25) is 0 Å². The van der Waals surface area contributed by atoms with Gasteiger partial charge in [-0.15, -0.1) is 0 Å². The Morgan fingerprint density at radius 3 is 2.74 bits per heavy atom. The van der Waals surface area contributed by atoms with Gasteiger partial charge in [0.25, 0.3) is 0 Å². The van der Waals surface area contributed by atoms with E-state index in [4.69, 9.17) is 14.2 Å². The third kappa shape index (κ3) is 2.93. The van der Waals surface area contributed by atoms with Crippen molar-refractivity contribution in [3.05, 3.63) is 71.3 Å². The van der Waals surface area contributed by atoms with Gasteiger partial charge in [-0.05, 0) is 63.4 Å². The predicted octanol–water partition coefficient (Wildman–Crippen LogP) is 5.43. The normalized spacial score (nSPS) is 37.4. The van der Waals surface area contributed by atoms with Gasteiger partial charge in [-0.25, -0.2) is 0 Å². The molecule has 4 bridgehead atoms. The van der Waals surface area contributed by atoms with Gasteiger partial charge in [0.1, 0.15) is 18.3 Å². The molecular formula is C33H41NO4. The van der Waals surface area contributed by atoms with Crippen molar-refractivity contribution in [2.24, 2.45) is 11.3 Å². The molecule has 1 unspecified atom stereocenters. The van der Waals surface area contributed by atoms with Crippen LogP contribution in [0.15, 0.2) is 54.6 Å².